The van der Waals surface area contributed by atoms with E-state index < -0.39 is 5.79 Å². The van der Waals surface area contributed by atoms with Crippen molar-refractivity contribution in [3.05, 3.63) is 0 Å². The summed E-state index contributed by atoms with van der Waals surface area (Å²) in [4.78, 5) is 0. The molecule has 0 aromatic rings. The van der Waals surface area contributed by atoms with E-state index >= 15 is 0 Å². The monoisotopic (exact) mass is 178 g/mol. The van der Waals surface area contributed by atoms with Crippen molar-refractivity contribution in [2.24, 2.45) is 0 Å². The second-order valence-electron chi connectivity index (χ2n) is 3.03. The van der Waals surface area contributed by atoms with Gasteiger partial charge in [0.2, 0.25) is 0 Å². The van der Waals surface area contributed by atoms with Gasteiger partial charge in [-0.05, 0) is 26.2 Å². The second-order valence-corrected chi connectivity index (χ2v) is 3.29. The Morgan fingerprint density at radius 1 is 1.18 bits per heavy atom. The minimum Gasteiger partial charge on any atom is -0.349 e. The summed E-state index contributed by atoms with van der Waals surface area (Å²) in [6.07, 6.45) is 3.43. The van der Waals surface area contributed by atoms with Crippen LogP contribution in [0.5, 0.6) is 0 Å². The molecule has 0 aromatic heterocycles. The molecule has 11 heavy (non-hydrogen) atoms. The quantitative estimate of drug-likeness (QED) is 0.573. The molecule has 2 nitrogen and oxygen atoms in total. The van der Waals surface area contributed by atoms with Crippen LogP contribution in [0.3, 0.4) is 0 Å². The number of hydrogen-bond donors (Lipinski definition) is 0. The Labute approximate surface area is 72.8 Å². The minimum atomic E-state index is -0.540. The summed E-state index contributed by atoms with van der Waals surface area (Å²) >= 11 is 5.70. The van der Waals surface area contributed by atoms with E-state index in [0.29, 0.717) is 5.88 Å². The normalized spacial score (nSPS) is 25.6. The first kappa shape index (κ1) is 9.30. The zero-order chi connectivity index (χ0) is 8.16. The molecular formula is C8H15ClO2. The van der Waals surface area contributed by atoms with Crippen LogP contribution in [0.2, 0.25) is 0 Å². The molecule has 0 spiro atoms. The van der Waals surface area contributed by atoms with Crippen molar-refractivity contribution in [2.45, 2.75) is 32.0 Å². The van der Waals surface area contributed by atoms with Crippen molar-refractivity contribution < 1.29 is 9.47 Å². The maximum Gasteiger partial charge on any atom is 0.178 e. The Kier molecular flexibility index (Phi) is 3.63. The lowest BCUT2D eigenvalue weighted by molar-refractivity contribution is -0.217. The standard InChI is InChI=1S/C8H15ClO2/c1-8(7-9)10-5-3-2-4-6-11-8/h2-7H2,1H3. The second kappa shape index (κ2) is 4.29. The predicted molar refractivity (Wildman–Crippen MR) is 44.9 cm³/mol. The van der Waals surface area contributed by atoms with Crippen molar-refractivity contribution >= 4 is 11.6 Å². The van der Waals surface area contributed by atoms with Crippen LogP contribution in [0.15, 0.2) is 0 Å². The van der Waals surface area contributed by atoms with Crippen LogP contribution >= 0.6 is 11.6 Å². The van der Waals surface area contributed by atoms with Gasteiger partial charge in [0.25, 0.3) is 0 Å². The Morgan fingerprint density at radius 2 is 1.73 bits per heavy atom. The molecule has 3 heteroatoms. The van der Waals surface area contributed by atoms with Crippen LogP contribution in [-0.4, -0.2) is 24.9 Å². The van der Waals surface area contributed by atoms with Gasteiger partial charge in [-0.3, -0.25) is 0 Å². The molecule has 66 valence electrons. The molecule has 0 unspecified atom stereocenters. The lowest BCUT2D eigenvalue weighted by Crippen LogP contribution is -2.36. The van der Waals surface area contributed by atoms with Crippen molar-refractivity contribution in [1.29, 1.82) is 0 Å². The SMILES string of the molecule is CC1(CCl)OCCCCCO1. The van der Waals surface area contributed by atoms with Gasteiger partial charge in [-0.15, -0.1) is 11.6 Å². The summed E-state index contributed by atoms with van der Waals surface area (Å²) < 4.78 is 10.9. The highest BCUT2D eigenvalue weighted by atomic mass is 35.5. The van der Waals surface area contributed by atoms with E-state index in [4.69, 9.17) is 21.1 Å². The van der Waals surface area contributed by atoms with Gasteiger partial charge in [-0.25, -0.2) is 0 Å². The molecule has 1 fully saturated rings. The minimum absolute atomic E-state index is 0.410. The van der Waals surface area contributed by atoms with Crippen LogP contribution in [0.1, 0.15) is 26.2 Å². The van der Waals surface area contributed by atoms with Crippen LogP contribution < -0.4 is 0 Å². The van der Waals surface area contributed by atoms with Crippen LogP contribution in [0, 0.1) is 0 Å². The Morgan fingerprint density at radius 3 is 2.18 bits per heavy atom. The first-order valence-electron chi connectivity index (χ1n) is 4.11. The number of rotatable bonds is 1. The molecule has 0 radical (unpaired) electrons. The molecule has 0 bridgehead atoms. The summed E-state index contributed by atoms with van der Waals surface area (Å²) in [6, 6.07) is 0. The van der Waals surface area contributed by atoms with Crippen molar-refractivity contribution in [2.75, 3.05) is 19.1 Å². The van der Waals surface area contributed by atoms with Crippen molar-refractivity contribution in [3.63, 3.8) is 0 Å². The summed E-state index contributed by atoms with van der Waals surface area (Å²) in [7, 11) is 0. The molecule has 0 amide bonds. The first-order valence-corrected chi connectivity index (χ1v) is 4.64. The van der Waals surface area contributed by atoms with Crippen molar-refractivity contribution in [1.82, 2.24) is 0 Å². The van der Waals surface area contributed by atoms with Gasteiger partial charge >= 0.3 is 0 Å². The Balaban J connectivity index is 2.37. The fraction of sp³-hybridized carbons (Fsp3) is 1.00. The molecule has 1 saturated heterocycles. The third kappa shape index (κ3) is 2.97. The molecule has 0 aliphatic carbocycles. The average molecular weight is 179 g/mol. The molecule has 1 aliphatic heterocycles. The topological polar surface area (TPSA) is 18.5 Å². The van der Waals surface area contributed by atoms with E-state index in [0.717, 1.165) is 26.1 Å². The number of hydrogen-bond acceptors (Lipinski definition) is 2. The summed E-state index contributed by atoms with van der Waals surface area (Å²) in [5, 5.41) is 0. The van der Waals surface area contributed by atoms with E-state index in [1.165, 1.54) is 6.42 Å². The van der Waals surface area contributed by atoms with Gasteiger partial charge in [0, 0.05) is 0 Å². The van der Waals surface area contributed by atoms with Gasteiger partial charge in [0.1, 0.15) is 0 Å². The van der Waals surface area contributed by atoms with E-state index in [1.807, 2.05) is 6.92 Å². The molecule has 0 saturated carbocycles. The van der Waals surface area contributed by atoms with Gasteiger partial charge in [-0.2, -0.15) is 0 Å². The molecule has 0 atom stereocenters. The number of halogens is 1. The zero-order valence-electron chi connectivity index (χ0n) is 6.94. The molecule has 0 N–H and O–H groups in total. The first-order chi connectivity index (χ1) is 5.27. The molecule has 0 aromatic carbocycles. The smallest absolute Gasteiger partial charge is 0.178 e. The highest BCUT2D eigenvalue weighted by Crippen LogP contribution is 2.18. The van der Waals surface area contributed by atoms with Crippen LogP contribution in [0.25, 0.3) is 0 Å². The maximum absolute atomic E-state index is 5.70. The third-order valence-electron chi connectivity index (χ3n) is 1.85. The lowest BCUT2D eigenvalue weighted by atomic mass is 10.2. The van der Waals surface area contributed by atoms with Crippen LogP contribution in [-0.2, 0) is 9.47 Å². The summed E-state index contributed by atoms with van der Waals surface area (Å²) in [5.41, 5.74) is 0. The Hall–Kier alpha value is 0.210. The maximum atomic E-state index is 5.70. The summed E-state index contributed by atoms with van der Waals surface area (Å²) in [6.45, 7) is 3.43. The van der Waals surface area contributed by atoms with E-state index in [2.05, 4.69) is 0 Å². The van der Waals surface area contributed by atoms with Gasteiger partial charge in [0.05, 0.1) is 19.1 Å². The molecular weight excluding hydrogens is 164 g/mol. The molecule has 1 heterocycles. The van der Waals surface area contributed by atoms with E-state index in [9.17, 15) is 0 Å². The van der Waals surface area contributed by atoms with E-state index in [-0.39, 0.29) is 0 Å². The fourth-order valence-corrected chi connectivity index (χ4v) is 1.23. The molecule has 1 aliphatic rings. The molecule has 1 rings (SSSR count). The average Bonchev–Trinajstić information content (AvgIpc) is 1.98. The lowest BCUT2D eigenvalue weighted by Gasteiger charge is -2.29. The summed E-state index contributed by atoms with van der Waals surface area (Å²) in [5.74, 6) is -0.130. The van der Waals surface area contributed by atoms with Gasteiger partial charge < -0.3 is 9.47 Å². The van der Waals surface area contributed by atoms with Crippen molar-refractivity contribution in [3.8, 4) is 0 Å². The fourth-order valence-electron chi connectivity index (χ4n) is 1.08. The van der Waals surface area contributed by atoms with Crippen LogP contribution in [0.4, 0.5) is 0 Å². The largest absolute Gasteiger partial charge is 0.349 e. The third-order valence-corrected chi connectivity index (χ3v) is 2.33. The Bertz CT molecular complexity index is 109. The number of alkyl halides is 1. The zero-order valence-corrected chi connectivity index (χ0v) is 7.69. The van der Waals surface area contributed by atoms with E-state index in [1.54, 1.807) is 0 Å². The number of ether oxygens (including phenoxy) is 2. The highest BCUT2D eigenvalue weighted by Gasteiger charge is 2.25. The highest BCUT2D eigenvalue weighted by molar-refractivity contribution is 6.18. The van der Waals surface area contributed by atoms with Gasteiger partial charge in [0.15, 0.2) is 5.79 Å². The predicted octanol–water partition coefficient (Wildman–Crippen LogP) is 2.16. The van der Waals surface area contributed by atoms with Gasteiger partial charge in [-0.1, -0.05) is 0 Å².